The number of aromatic nitrogens is 1. The molecule has 3 heterocycles. The molecule has 2 fully saturated rings. The molecule has 0 radical (unpaired) electrons. The Balaban J connectivity index is 1.59. The molecule has 2 unspecified atom stereocenters. The number of carbonyl (C=O) groups excluding carboxylic acids is 1. The van der Waals surface area contributed by atoms with Gasteiger partial charge in [0.05, 0.1) is 12.1 Å². The van der Waals surface area contributed by atoms with Gasteiger partial charge in [0.25, 0.3) is 0 Å². The Morgan fingerprint density at radius 3 is 3.18 bits per heavy atom. The summed E-state index contributed by atoms with van der Waals surface area (Å²) in [4.78, 5) is 18.8. The van der Waals surface area contributed by atoms with Crippen molar-refractivity contribution in [3.05, 3.63) is 30.1 Å². The Morgan fingerprint density at radius 2 is 2.41 bits per heavy atom. The summed E-state index contributed by atoms with van der Waals surface area (Å²) in [6, 6.07) is 4.08. The lowest BCUT2D eigenvalue weighted by Crippen LogP contribution is -2.48. The SMILES string of the molecule is O=C(CCC1CCCCO1)N1CCNCC1c1cccnc1. The second kappa shape index (κ2) is 7.70. The van der Waals surface area contributed by atoms with Crippen LogP contribution in [-0.4, -0.2) is 48.1 Å². The molecule has 1 amide bonds. The summed E-state index contributed by atoms with van der Waals surface area (Å²) in [7, 11) is 0. The minimum absolute atomic E-state index is 0.0993. The third-order valence-electron chi connectivity index (χ3n) is 4.59. The first-order valence-electron chi connectivity index (χ1n) is 8.36. The van der Waals surface area contributed by atoms with Crippen LogP contribution in [0.25, 0.3) is 0 Å². The summed E-state index contributed by atoms with van der Waals surface area (Å²) in [5.74, 6) is 0.240. The molecule has 1 aromatic heterocycles. The van der Waals surface area contributed by atoms with Gasteiger partial charge in [0, 0.05) is 45.1 Å². The van der Waals surface area contributed by atoms with Gasteiger partial charge in [-0.1, -0.05) is 6.07 Å². The van der Waals surface area contributed by atoms with Crippen LogP contribution in [0, 0.1) is 0 Å². The third kappa shape index (κ3) is 3.84. The van der Waals surface area contributed by atoms with Crippen molar-refractivity contribution in [2.45, 2.75) is 44.2 Å². The van der Waals surface area contributed by atoms with Crippen LogP contribution in [0.15, 0.2) is 24.5 Å². The lowest BCUT2D eigenvalue weighted by molar-refractivity contribution is -0.135. The average molecular weight is 303 g/mol. The summed E-state index contributed by atoms with van der Waals surface area (Å²) >= 11 is 0. The minimum atomic E-state index is 0.0993. The van der Waals surface area contributed by atoms with Crippen LogP contribution in [0.5, 0.6) is 0 Å². The maximum Gasteiger partial charge on any atom is 0.223 e. The number of nitrogens with zero attached hydrogens (tertiary/aromatic N) is 2. The van der Waals surface area contributed by atoms with Crippen molar-refractivity contribution in [3.63, 3.8) is 0 Å². The molecule has 1 aromatic rings. The van der Waals surface area contributed by atoms with Gasteiger partial charge < -0.3 is 15.0 Å². The number of pyridine rings is 1. The number of hydrogen-bond acceptors (Lipinski definition) is 4. The molecule has 2 saturated heterocycles. The summed E-state index contributed by atoms with van der Waals surface area (Å²) in [6.45, 7) is 3.29. The second-order valence-electron chi connectivity index (χ2n) is 6.12. The van der Waals surface area contributed by atoms with Crippen LogP contribution in [0.2, 0.25) is 0 Å². The zero-order chi connectivity index (χ0) is 15.2. The Labute approximate surface area is 132 Å². The molecule has 1 N–H and O–H groups in total. The third-order valence-corrected chi connectivity index (χ3v) is 4.59. The summed E-state index contributed by atoms with van der Waals surface area (Å²) in [6.07, 6.45) is 8.83. The highest BCUT2D eigenvalue weighted by molar-refractivity contribution is 5.77. The summed E-state index contributed by atoms with van der Waals surface area (Å²) in [5, 5.41) is 3.38. The molecule has 5 nitrogen and oxygen atoms in total. The van der Waals surface area contributed by atoms with E-state index in [2.05, 4.69) is 16.4 Å². The highest BCUT2D eigenvalue weighted by atomic mass is 16.5. The number of carbonyl (C=O) groups is 1. The average Bonchev–Trinajstić information content (AvgIpc) is 2.61. The van der Waals surface area contributed by atoms with E-state index in [0.717, 1.165) is 51.1 Å². The molecule has 0 saturated carbocycles. The first kappa shape index (κ1) is 15.4. The van der Waals surface area contributed by atoms with Crippen LogP contribution in [0.3, 0.4) is 0 Å². The quantitative estimate of drug-likeness (QED) is 0.923. The zero-order valence-corrected chi connectivity index (χ0v) is 13.0. The van der Waals surface area contributed by atoms with Gasteiger partial charge in [0.2, 0.25) is 5.91 Å². The predicted octanol–water partition coefficient (Wildman–Crippen LogP) is 1.90. The Morgan fingerprint density at radius 1 is 1.45 bits per heavy atom. The first-order valence-corrected chi connectivity index (χ1v) is 8.36. The van der Waals surface area contributed by atoms with Gasteiger partial charge in [-0.05, 0) is 37.3 Å². The molecule has 0 aliphatic carbocycles. The summed E-state index contributed by atoms with van der Waals surface area (Å²) < 4.78 is 5.73. The molecule has 2 aliphatic rings. The van der Waals surface area contributed by atoms with Crippen molar-refractivity contribution in [2.24, 2.45) is 0 Å². The monoisotopic (exact) mass is 303 g/mol. The fourth-order valence-electron chi connectivity index (χ4n) is 3.34. The minimum Gasteiger partial charge on any atom is -0.378 e. The second-order valence-corrected chi connectivity index (χ2v) is 6.12. The van der Waals surface area contributed by atoms with Crippen molar-refractivity contribution in [2.75, 3.05) is 26.2 Å². The molecule has 0 bridgehead atoms. The fourth-order valence-corrected chi connectivity index (χ4v) is 3.34. The van der Waals surface area contributed by atoms with E-state index in [1.165, 1.54) is 6.42 Å². The molecule has 0 aromatic carbocycles. The normalized spacial score (nSPS) is 25.9. The van der Waals surface area contributed by atoms with E-state index < -0.39 is 0 Å². The number of ether oxygens (including phenoxy) is 1. The smallest absolute Gasteiger partial charge is 0.223 e. The van der Waals surface area contributed by atoms with Crippen LogP contribution in [0.4, 0.5) is 0 Å². The van der Waals surface area contributed by atoms with E-state index in [9.17, 15) is 4.79 Å². The maximum absolute atomic E-state index is 12.6. The van der Waals surface area contributed by atoms with Gasteiger partial charge in [-0.2, -0.15) is 0 Å². The van der Waals surface area contributed by atoms with Crippen molar-refractivity contribution >= 4 is 5.91 Å². The molecular weight excluding hydrogens is 278 g/mol. The maximum atomic E-state index is 12.6. The van der Waals surface area contributed by atoms with Crippen molar-refractivity contribution in [3.8, 4) is 0 Å². The van der Waals surface area contributed by atoms with Crippen LogP contribution in [-0.2, 0) is 9.53 Å². The van der Waals surface area contributed by atoms with Crippen molar-refractivity contribution in [1.29, 1.82) is 0 Å². The lowest BCUT2D eigenvalue weighted by atomic mass is 10.0. The van der Waals surface area contributed by atoms with Crippen LogP contribution in [0.1, 0.15) is 43.7 Å². The zero-order valence-electron chi connectivity index (χ0n) is 13.0. The molecular formula is C17H25N3O2. The summed E-state index contributed by atoms with van der Waals surface area (Å²) in [5.41, 5.74) is 1.11. The van der Waals surface area contributed by atoms with Crippen molar-refractivity contribution < 1.29 is 9.53 Å². The van der Waals surface area contributed by atoms with E-state index in [-0.39, 0.29) is 18.1 Å². The van der Waals surface area contributed by atoms with E-state index in [4.69, 9.17) is 4.74 Å². The van der Waals surface area contributed by atoms with Gasteiger partial charge in [-0.25, -0.2) is 0 Å². The predicted molar refractivity (Wildman–Crippen MR) is 84.4 cm³/mol. The number of rotatable bonds is 4. The highest BCUT2D eigenvalue weighted by Gasteiger charge is 2.28. The molecule has 0 spiro atoms. The molecule has 5 heteroatoms. The number of nitrogens with one attached hydrogen (secondary N) is 1. The molecule has 22 heavy (non-hydrogen) atoms. The van der Waals surface area contributed by atoms with E-state index in [0.29, 0.717) is 6.42 Å². The molecule has 3 rings (SSSR count). The van der Waals surface area contributed by atoms with Gasteiger partial charge in [-0.15, -0.1) is 0 Å². The topological polar surface area (TPSA) is 54.5 Å². The Hall–Kier alpha value is -1.46. The van der Waals surface area contributed by atoms with Crippen molar-refractivity contribution in [1.82, 2.24) is 15.2 Å². The lowest BCUT2D eigenvalue weighted by Gasteiger charge is -2.37. The van der Waals surface area contributed by atoms with Crippen LogP contribution < -0.4 is 5.32 Å². The Kier molecular flexibility index (Phi) is 5.40. The fraction of sp³-hybridized carbons (Fsp3) is 0.647. The standard InChI is InChI=1S/C17H25N3O2/c21-17(7-6-15-5-1-2-11-22-15)20-10-9-19-13-16(20)14-4-3-8-18-12-14/h3-4,8,12,15-16,19H,1-2,5-7,9-11,13H2. The highest BCUT2D eigenvalue weighted by Crippen LogP contribution is 2.24. The molecule has 120 valence electrons. The van der Waals surface area contributed by atoms with Gasteiger partial charge in [0.15, 0.2) is 0 Å². The van der Waals surface area contributed by atoms with Gasteiger partial charge in [0.1, 0.15) is 0 Å². The number of amides is 1. The number of hydrogen-bond donors (Lipinski definition) is 1. The van der Waals surface area contributed by atoms with E-state index in [1.807, 2.05) is 17.2 Å². The van der Waals surface area contributed by atoms with Gasteiger partial charge >= 0.3 is 0 Å². The van der Waals surface area contributed by atoms with E-state index >= 15 is 0 Å². The van der Waals surface area contributed by atoms with E-state index in [1.54, 1.807) is 6.20 Å². The van der Waals surface area contributed by atoms with Crippen LogP contribution >= 0.6 is 0 Å². The van der Waals surface area contributed by atoms with Gasteiger partial charge in [-0.3, -0.25) is 9.78 Å². The molecule has 2 aliphatic heterocycles. The number of piperazine rings is 1. The largest absolute Gasteiger partial charge is 0.378 e. The molecule has 2 atom stereocenters. The Bertz CT molecular complexity index is 474. The first-order chi connectivity index (χ1) is 10.8.